The van der Waals surface area contributed by atoms with Gasteiger partial charge in [0, 0.05) is 22.8 Å². The van der Waals surface area contributed by atoms with E-state index in [0.29, 0.717) is 33.8 Å². The smallest absolute Gasteiger partial charge is 0.193 e. The van der Waals surface area contributed by atoms with Gasteiger partial charge in [0.2, 0.25) is 0 Å². The second-order valence-corrected chi connectivity index (χ2v) is 5.72. The zero-order chi connectivity index (χ0) is 18.1. The van der Waals surface area contributed by atoms with Gasteiger partial charge in [0.05, 0.1) is 26.7 Å². The summed E-state index contributed by atoms with van der Waals surface area (Å²) < 4.78 is 22.1. The van der Waals surface area contributed by atoms with Gasteiger partial charge in [-0.1, -0.05) is 0 Å². The van der Waals surface area contributed by atoms with Crippen LogP contribution < -0.4 is 19.6 Å². The number of aryl methyl sites for hydroxylation is 2. The quantitative estimate of drug-likeness (QED) is 0.715. The molecule has 0 saturated heterocycles. The monoisotopic (exact) mass is 340 g/mol. The predicted octanol–water partition coefficient (Wildman–Crippen LogP) is 4.10. The molecule has 0 fully saturated rings. The number of rotatable bonds is 4. The molecule has 0 spiro atoms. The minimum atomic E-state index is -0.117. The third-order valence-corrected chi connectivity index (χ3v) is 4.33. The average molecular weight is 340 g/mol. The molecular weight excluding hydrogens is 320 g/mol. The van der Waals surface area contributed by atoms with Gasteiger partial charge in [-0.3, -0.25) is 4.79 Å². The molecule has 3 rings (SSSR count). The van der Waals surface area contributed by atoms with Crippen molar-refractivity contribution in [3.05, 3.63) is 51.7 Å². The highest BCUT2D eigenvalue weighted by Gasteiger charge is 2.21. The number of benzene rings is 2. The third kappa shape index (κ3) is 2.71. The van der Waals surface area contributed by atoms with Crippen LogP contribution in [0.3, 0.4) is 0 Å². The molecule has 25 heavy (non-hydrogen) atoms. The summed E-state index contributed by atoms with van der Waals surface area (Å²) in [5.41, 5.74) is 2.62. The van der Waals surface area contributed by atoms with E-state index in [1.54, 1.807) is 21.3 Å². The van der Waals surface area contributed by atoms with Crippen LogP contribution in [0.5, 0.6) is 17.2 Å². The van der Waals surface area contributed by atoms with Crippen LogP contribution in [-0.4, -0.2) is 21.3 Å². The molecule has 0 atom stereocenters. The Hall–Kier alpha value is -2.95. The number of hydrogen-bond acceptors (Lipinski definition) is 5. The van der Waals surface area contributed by atoms with Crippen molar-refractivity contribution in [3.63, 3.8) is 0 Å². The van der Waals surface area contributed by atoms with Crippen LogP contribution >= 0.6 is 0 Å². The molecular formula is C20H20O5. The van der Waals surface area contributed by atoms with Crippen LogP contribution in [0.1, 0.15) is 11.1 Å². The summed E-state index contributed by atoms with van der Waals surface area (Å²) >= 11 is 0. The Balaban J connectivity index is 2.32. The van der Waals surface area contributed by atoms with E-state index < -0.39 is 0 Å². The highest BCUT2D eigenvalue weighted by atomic mass is 16.5. The van der Waals surface area contributed by atoms with Crippen LogP contribution in [0.4, 0.5) is 0 Å². The zero-order valence-corrected chi connectivity index (χ0v) is 14.9. The number of fused-ring (bicyclic) bond motifs is 1. The molecule has 0 radical (unpaired) electrons. The third-order valence-electron chi connectivity index (χ3n) is 4.33. The highest BCUT2D eigenvalue weighted by Crippen LogP contribution is 2.40. The van der Waals surface area contributed by atoms with Crippen molar-refractivity contribution in [2.45, 2.75) is 13.8 Å². The maximum Gasteiger partial charge on any atom is 0.193 e. The van der Waals surface area contributed by atoms with Gasteiger partial charge in [-0.15, -0.1) is 0 Å². The molecule has 0 aliphatic heterocycles. The Morgan fingerprint density at radius 2 is 1.44 bits per heavy atom. The normalized spacial score (nSPS) is 10.8. The molecule has 3 aromatic rings. The Labute approximate surface area is 145 Å². The van der Waals surface area contributed by atoms with E-state index in [4.69, 9.17) is 18.6 Å². The van der Waals surface area contributed by atoms with E-state index >= 15 is 0 Å². The van der Waals surface area contributed by atoms with Crippen molar-refractivity contribution in [1.29, 1.82) is 0 Å². The molecule has 0 aliphatic rings. The van der Waals surface area contributed by atoms with Gasteiger partial charge in [-0.2, -0.15) is 0 Å². The van der Waals surface area contributed by atoms with Gasteiger partial charge < -0.3 is 18.6 Å². The molecule has 0 unspecified atom stereocenters. The Kier molecular flexibility index (Phi) is 4.40. The van der Waals surface area contributed by atoms with Crippen molar-refractivity contribution >= 4 is 11.0 Å². The van der Waals surface area contributed by atoms with E-state index in [9.17, 15) is 4.79 Å². The molecule has 0 aliphatic carbocycles. The van der Waals surface area contributed by atoms with Crippen molar-refractivity contribution in [2.75, 3.05) is 21.3 Å². The first-order valence-electron chi connectivity index (χ1n) is 7.85. The SMILES string of the molecule is COc1ccc(-c2cc(=O)c3c(C)c(OC)c(OC)c(C)c3o2)cc1. The lowest BCUT2D eigenvalue weighted by molar-refractivity contribution is 0.351. The fraction of sp³-hybridized carbons (Fsp3) is 0.250. The van der Waals surface area contributed by atoms with Gasteiger partial charge in [0.25, 0.3) is 0 Å². The highest BCUT2D eigenvalue weighted by molar-refractivity contribution is 5.89. The second kappa shape index (κ2) is 6.51. The maximum atomic E-state index is 12.8. The molecule has 1 heterocycles. The maximum absolute atomic E-state index is 12.8. The topological polar surface area (TPSA) is 57.9 Å². The van der Waals surface area contributed by atoms with Crippen LogP contribution in [0, 0.1) is 13.8 Å². The van der Waals surface area contributed by atoms with Crippen molar-refractivity contribution in [1.82, 2.24) is 0 Å². The number of methoxy groups -OCH3 is 3. The Morgan fingerprint density at radius 3 is 2.00 bits per heavy atom. The van der Waals surface area contributed by atoms with Crippen molar-refractivity contribution in [3.8, 4) is 28.6 Å². The first-order chi connectivity index (χ1) is 12.0. The Bertz CT molecular complexity index is 984. The van der Waals surface area contributed by atoms with Crippen molar-refractivity contribution in [2.24, 2.45) is 0 Å². The van der Waals surface area contributed by atoms with E-state index in [1.165, 1.54) is 6.07 Å². The fourth-order valence-corrected chi connectivity index (χ4v) is 3.06. The summed E-state index contributed by atoms with van der Waals surface area (Å²) in [5, 5.41) is 0.507. The minimum Gasteiger partial charge on any atom is -0.497 e. The predicted molar refractivity (Wildman–Crippen MR) is 97.1 cm³/mol. The summed E-state index contributed by atoms with van der Waals surface area (Å²) in [7, 11) is 4.74. The van der Waals surface area contributed by atoms with Gasteiger partial charge >= 0.3 is 0 Å². The molecule has 130 valence electrons. The fourth-order valence-electron chi connectivity index (χ4n) is 3.06. The number of ether oxygens (including phenoxy) is 3. The molecule has 5 nitrogen and oxygen atoms in total. The Morgan fingerprint density at radius 1 is 0.840 bits per heavy atom. The standard InChI is InChI=1S/C20H20O5/c1-11-17-15(21)10-16(13-6-8-14(22-3)9-7-13)25-18(17)12(2)20(24-5)19(11)23-4/h6-10H,1-5H3. The summed E-state index contributed by atoms with van der Waals surface area (Å²) in [6, 6.07) is 8.86. The van der Waals surface area contributed by atoms with Crippen LogP contribution in [0.25, 0.3) is 22.3 Å². The lowest BCUT2D eigenvalue weighted by Gasteiger charge is -2.16. The summed E-state index contributed by atoms with van der Waals surface area (Å²) in [6.45, 7) is 3.68. The molecule has 0 amide bonds. The molecule has 0 N–H and O–H groups in total. The van der Waals surface area contributed by atoms with E-state index in [2.05, 4.69) is 0 Å². The van der Waals surface area contributed by atoms with Crippen LogP contribution in [-0.2, 0) is 0 Å². The first kappa shape index (κ1) is 16.9. The zero-order valence-electron chi connectivity index (χ0n) is 14.9. The first-order valence-corrected chi connectivity index (χ1v) is 7.85. The van der Waals surface area contributed by atoms with E-state index in [0.717, 1.165) is 16.9 Å². The molecule has 2 aromatic carbocycles. The number of hydrogen-bond donors (Lipinski definition) is 0. The average Bonchev–Trinajstić information content (AvgIpc) is 2.63. The molecule has 0 bridgehead atoms. The summed E-state index contributed by atoms with van der Waals surface area (Å²) in [6.07, 6.45) is 0. The van der Waals surface area contributed by atoms with Gasteiger partial charge in [-0.25, -0.2) is 0 Å². The lowest BCUT2D eigenvalue weighted by atomic mass is 10.0. The summed E-state index contributed by atoms with van der Waals surface area (Å²) in [4.78, 5) is 12.8. The van der Waals surface area contributed by atoms with Gasteiger partial charge in [-0.05, 0) is 38.1 Å². The largest absolute Gasteiger partial charge is 0.497 e. The minimum absolute atomic E-state index is 0.117. The molecule has 0 saturated carbocycles. The van der Waals surface area contributed by atoms with Crippen molar-refractivity contribution < 1.29 is 18.6 Å². The van der Waals surface area contributed by atoms with Crippen LogP contribution in [0.2, 0.25) is 0 Å². The van der Waals surface area contributed by atoms with E-state index in [1.807, 2.05) is 38.1 Å². The second-order valence-electron chi connectivity index (χ2n) is 5.72. The van der Waals surface area contributed by atoms with Gasteiger partial charge in [0.15, 0.2) is 16.9 Å². The van der Waals surface area contributed by atoms with Gasteiger partial charge in [0.1, 0.15) is 17.1 Å². The lowest BCUT2D eigenvalue weighted by Crippen LogP contribution is -2.06. The summed E-state index contributed by atoms with van der Waals surface area (Å²) in [5.74, 6) is 2.36. The van der Waals surface area contributed by atoms with E-state index in [-0.39, 0.29) is 5.43 Å². The molecule has 5 heteroatoms. The van der Waals surface area contributed by atoms with Crippen LogP contribution in [0.15, 0.2) is 39.5 Å². The molecule has 1 aromatic heterocycles.